The Morgan fingerprint density at radius 3 is 2.17 bits per heavy atom. The van der Waals surface area contributed by atoms with Crippen molar-refractivity contribution in [2.75, 3.05) is 10.6 Å². The van der Waals surface area contributed by atoms with Crippen molar-refractivity contribution < 1.29 is 14.3 Å². The molecule has 120 valence electrons. The Labute approximate surface area is 139 Å². The third-order valence-corrected chi connectivity index (χ3v) is 3.14. The number of rotatable bonds is 4. The van der Waals surface area contributed by atoms with Crippen LogP contribution < -0.4 is 15.4 Å². The highest BCUT2D eigenvalue weighted by atomic mass is 35.5. The van der Waals surface area contributed by atoms with E-state index in [2.05, 4.69) is 10.6 Å². The molecule has 2 aromatic rings. The quantitative estimate of drug-likeness (QED) is 0.839. The Morgan fingerprint density at radius 1 is 0.957 bits per heavy atom. The first-order valence-electron chi connectivity index (χ1n) is 7.09. The van der Waals surface area contributed by atoms with Crippen molar-refractivity contribution >= 4 is 34.8 Å². The molecule has 5 nitrogen and oxygen atoms in total. The van der Waals surface area contributed by atoms with Crippen molar-refractivity contribution in [2.24, 2.45) is 0 Å². The van der Waals surface area contributed by atoms with Gasteiger partial charge >= 0.3 is 11.8 Å². The molecule has 0 fully saturated rings. The number of para-hydroxylation sites is 1. The van der Waals surface area contributed by atoms with Crippen LogP contribution in [0.2, 0.25) is 5.02 Å². The van der Waals surface area contributed by atoms with Gasteiger partial charge < -0.3 is 15.4 Å². The molecule has 6 heteroatoms. The second-order valence-corrected chi connectivity index (χ2v) is 5.49. The fraction of sp³-hybridized carbons (Fsp3) is 0.176. The van der Waals surface area contributed by atoms with E-state index in [1.54, 1.807) is 48.5 Å². The van der Waals surface area contributed by atoms with E-state index < -0.39 is 11.8 Å². The largest absolute Gasteiger partial charge is 0.491 e. The predicted octanol–water partition coefficient (Wildman–Crippen LogP) is 3.70. The van der Waals surface area contributed by atoms with Gasteiger partial charge in [-0.1, -0.05) is 23.7 Å². The maximum Gasteiger partial charge on any atom is 0.314 e. The van der Waals surface area contributed by atoms with E-state index in [-0.39, 0.29) is 6.10 Å². The SMILES string of the molecule is CC(C)Oc1ccc(NC(=O)C(=O)Nc2ccccc2Cl)cc1. The van der Waals surface area contributed by atoms with E-state index in [0.29, 0.717) is 22.1 Å². The van der Waals surface area contributed by atoms with E-state index in [9.17, 15) is 9.59 Å². The molecule has 23 heavy (non-hydrogen) atoms. The number of halogens is 1. The van der Waals surface area contributed by atoms with E-state index >= 15 is 0 Å². The summed E-state index contributed by atoms with van der Waals surface area (Å²) >= 11 is 5.93. The van der Waals surface area contributed by atoms with Crippen LogP contribution in [0.25, 0.3) is 0 Å². The Bertz CT molecular complexity index is 699. The summed E-state index contributed by atoms with van der Waals surface area (Å²) in [6.45, 7) is 3.85. The van der Waals surface area contributed by atoms with E-state index in [4.69, 9.17) is 16.3 Å². The maximum absolute atomic E-state index is 11.9. The second-order valence-electron chi connectivity index (χ2n) is 5.08. The van der Waals surface area contributed by atoms with Crippen molar-refractivity contribution in [3.8, 4) is 5.75 Å². The standard InChI is InChI=1S/C17H17ClN2O3/c1-11(2)23-13-9-7-12(8-10-13)19-16(21)17(22)20-15-6-4-3-5-14(15)18/h3-11H,1-2H3,(H,19,21)(H,20,22). The van der Waals surface area contributed by atoms with Gasteiger partial charge in [-0.05, 0) is 50.2 Å². The molecular weight excluding hydrogens is 316 g/mol. The van der Waals surface area contributed by atoms with Gasteiger partial charge in [-0.3, -0.25) is 9.59 Å². The Kier molecular flexibility index (Phi) is 5.60. The monoisotopic (exact) mass is 332 g/mol. The molecule has 0 bridgehead atoms. The molecule has 2 aromatic carbocycles. The molecule has 0 heterocycles. The topological polar surface area (TPSA) is 67.4 Å². The van der Waals surface area contributed by atoms with E-state index in [1.807, 2.05) is 13.8 Å². The molecule has 0 unspecified atom stereocenters. The predicted molar refractivity (Wildman–Crippen MR) is 90.9 cm³/mol. The van der Waals surface area contributed by atoms with Gasteiger partial charge in [0.2, 0.25) is 0 Å². The van der Waals surface area contributed by atoms with Crippen LogP contribution in [0, 0.1) is 0 Å². The maximum atomic E-state index is 11.9. The average Bonchev–Trinajstić information content (AvgIpc) is 2.51. The van der Waals surface area contributed by atoms with Crippen LogP contribution >= 0.6 is 11.6 Å². The molecule has 0 aromatic heterocycles. The minimum absolute atomic E-state index is 0.0665. The number of ether oxygens (including phenoxy) is 1. The summed E-state index contributed by atoms with van der Waals surface area (Å²) in [6, 6.07) is 13.5. The second kappa shape index (κ2) is 7.65. The summed E-state index contributed by atoms with van der Waals surface area (Å²) in [4.78, 5) is 23.8. The highest BCUT2D eigenvalue weighted by Crippen LogP contribution is 2.20. The summed E-state index contributed by atoms with van der Waals surface area (Å²) in [7, 11) is 0. The fourth-order valence-corrected chi connectivity index (χ4v) is 2.00. The number of nitrogens with one attached hydrogen (secondary N) is 2. The number of carbonyl (C=O) groups is 2. The first-order chi connectivity index (χ1) is 11.0. The third-order valence-electron chi connectivity index (χ3n) is 2.81. The number of amides is 2. The van der Waals surface area contributed by atoms with E-state index in [1.165, 1.54) is 0 Å². The molecule has 0 saturated heterocycles. The summed E-state index contributed by atoms with van der Waals surface area (Å²) in [5.41, 5.74) is 0.885. The van der Waals surface area contributed by atoms with Crippen LogP contribution in [-0.4, -0.2) is 17.9 Å². The Balaban J connectivity index is 1.96. The average molecular weight is 333 g/mol. The summed E-state index contributed by atoms with van der Waals surface area (Å²) < 4.78 is 5.51. The van der Waals surface area contributed by atoms with Gasteiger partial charge in [-0.15, -0.1) is 0 Å². The van der Waals surface area contributed by atoms with Gasteiger partial charge in [0.25, 0.3) is 0 Å². The third kappa shape index (κ3) is 5.00. The van der Waals surface area contributed by atoms with Gasteiger partial charge in [0.05, 0.1) is 16.8 Å². The Hall–Kier alpha value is -2.53. The van der Waals surface area contributed by atoms with Gasteiger partial charge in [0.15, 0.2) is 0 Å². The van der Waals surface area contributed by atoms with Gasteiger partial charge in [-0.25, -0.2) is 0 Å². The van der Waals surface area contributed by atoms with E-state index in [0.717, 1.165) is 0 Å². The normalized spacial score (nSPS) is 10.3. The Morgan fingerprint density at radius 2 is 1.57 bits per heavy atom. The molecular formula is C17H17ClN2O3. The molecule has 2 N–H and O–H groups in total. The van der Waals surface area contributed by atoms with Crippen molar-refractivity contribution in [3.05, 3.63) is 53.6 Å². The first-order valence-corrected chi connectivity index (χ1v) is 7.47. The van der Waals surface area contributed by atoms with Crippen molar-refractivity contribution in [1.29, 1.82) is 0 Å². The molecule has 0 spiro atoms. The van der Waals surface area contributed by atoms with Crippen LogP contribution in [-0.2, 0) is 9.59 Å². The lowest BCUT2D eigenvalue weighted by Gasteiger charge is -2.11. The van der Waals surface area contributed by atoms with Crippen molar-refractivity contribution in [1.82, 2.24) is 0 Å². The minimum atomic E-state index is -0.791. The minimum Gasteiger partial charge on any atom is -0.491 e. The molecule has 0 atom stereocenters. The smallest absolute Gasteiger partial charge is 0.314 e. The highest BCUT2D eigenvalue weighted by molar-refractivity contribution is 6.44. The number of anilines is 2. The molecule has 0 saturated carbocycles. The lowest BCUT2D eigenvalue weighted by molar-refractivity contribution is -0.132. The molecule has 0 aliphatic heterocycles. The summed E-state index contributed by atoms with van der Waals surface area (Å²) in [5, 5.41) is 5.34. The van der Waals surface area contributed by atoms with Gasteiger partial charge in [-0.2, -0.15) is 0 Å². The van der Waals surface area contributed by atoms with Crippen LogP contribution in [0.5, 0.6) is 5.75 Å². The van der Waals surface area contributed by atoms with Gasteiger partial charge in [0, 0.05) is 5.69 Å². The van der Waals surface area contributed by atoms with Gasteiger partial charge in [0.1, 0.15) is 5.75 Å². The van der Waals surface area contributed by atoms with Crippen molar-refractivity contribution in [3.63, 3.8) is 0 Å². The van der Waals surface area contributed by atoms with Crippen LogP contribution in [0.1, 0.15) is 13.8 Å². The first kappa shape index (κ1) is 16.8. The molecule has 0 aliphatic carbocycles. The molecule has 2 rings (SSSR count). The number of hydrogen-bond donors (Lipinski definition) is 2. The summed E-state index contributed by atoms with van der Waals surface area (Å²) in [6.07, 6.45) is 0.0665. The highest BCUT2D eigenvalue weighted by Gasteiger charge is 2.15. The molecule has 2 amide bonds. The summed E-state index contributed by atoms with van der Waals surface area (Å²) in [5.74, 6) is -0.874. The zero-order chi connectivity index (χ0) is 16.8. The van der Waals surface area contributed by atoms with Crippen LogP contribution in [0.15, 0.2) is 48.5 Å². The van der Waals surface area contributed by atoms with Crippen LogP contribution in [0.3, 0.4) is 0 Å². The van der Waals surface area contributed by atoms with Crippen molar-refractivity contribution in [2.45, 2.75) is 20.0 Å². The lowest BCUT2D eigenvalue weighted by atomic mass is 10.3. The molecule has 0 radical (unpaired) electrons. The lowest BCUT2D eigenvalue weighted by Crippen LogP contribution is -2.29. The number of carbonyl (C=O) groups excluding carboxylic acids is 2. The molecule has 0 aliphatic rings. The number of benzene rings is 2. The number of hydrogen-bond acceptors (Lipinski definition) is 3. The zero-order valence-electron chi connectivity index (χ0n) is 12.8. The fourth-order valence-electron chi connectivity index (χ4n) is 1.82. The zero-order valence-corrected chi connectivity index (χ0v) is 13.6. The van der Waals surface area contributed by atoms with Crippen LogP contribution in [0.4, 0.5) is 11.4 Å².